The van der Waals surface area contributed by atoms with Crippen LogP contribution in [0, 0.1) is 19.8 Å². The molecule has 0 unspecified atom stereocenters. The first kappa shape index (κ1) is 17.8. The summed E-state index contributed by atoms with van der Waals surface area (Å²) in [6.07, 6.45) is 7.19. The zero-order valence-corrected chi connectivity index (χ0v) is 14.9. The second kappa shape index (κ2) is 8.95. The number of benzene rings is 1. The number of ether oxygens (including phenoxy) is 1. The van der Waals surface area contributed by atoms with Gasteiger partial charge in [-0.25, -0.2) is 0 Å². The van der Waals surface area contributed by atoms with E-state index in [0.29, 0.717) is 19.1 Å². The lowest BCUT2D eigenvalue weighted by Crippen LogP contribution is -2.37. The first-order chi connectivity index (χ1) is 11.0. The normalized spacial score (nSPS) is 21.0. The van der Waals surface area contributed by atoms with Crippen molar-refractivity contribution in [3.8, 4) is 5.75 Å². The second-order valence-electron chi connectivity index (χ2n) is 7.10. The monoisotopic (exact) mass is 317 g/mol. The number of nitrogens with one attached hydrogen (secondary N) is 1. The summed E-state index contributed by atoms with van der Waals surface area (Å²) in [6, 6.07) is 6.67. The Balaban J connectivity index is 1.58. The molecule has 0 bridgehead atoms. The van der Waals surface area contributed by atoms with Crippen LogP contribution in [0.25, 0.3) is 0 Å². The molecule has 1 fully saturated rings. The maximum Gasteiger partial charge on any atom is 0.220 e. The molecular weight excluding hydrogens is 286 g/mol. The van der Waals surface area contributed by atoms with Gasteiger partial charge >= 0.3 is 0 Å². The van der Waals surface area contributed by atoms with Gasteiger partial charge in [0.15, 0.2) is 0 Å². The molecule has 3 nitrogen and oxygen atoms in total. The van der Waals surface area contributed by atoms with Crippen LogP contribution in [0.1, 0.15) is 63.0 Å². The van der Waals surface area contributed by atoms with E-state index in [4.69, 9.17) is 4.74 Å². The standard InChI is InChI=1S/C20H31NO2/c1-15-8-11-18(12-9-15)21-20(22)6-4-5-13-23-19-14-16(2)7-10-17(19)3/h7,10,14-15,18H,4-6,8-9,11-13H2,1-3H3,(H,21,22). The van der Waals surface area contributed by atoms with Gasteiger partial charge < -0.3 is 10.1 Å². The van der Waals surface area contributed by atoms with Crippen LogP contribution in [0.5, 0.6) is 5.75 Å². The summed E-state index contributed by atoms with van der Waals surface area (Å²) in [4.78, 5) is 12.0. The van der Waals surface area contributed by atoms with Crippen molar-refractivity contribution in [1.29, 1.82) is 0 Å². The van der Waals surface area contributed by atoms with Crippen molar-refractivity contribution < 1.29 is 9.53 Å². The van der Waals surface area contributed by atoms with Gasteiger partial charge in [-0.3, -0.25) is 4.79 Å². The Morgan fingerprint density at radius 2 is 1.91 bits per heavy atom. The number of carbonyl (C=O) groups excluding carboxylic acids is 1. The van der Waals surface area contributed by atoms with Gasteiger partial charge in [-0.1, -0.05) is 19.1 Å². The lowest BCUT2D eigenvalue weighted by Gasteiger charge is -2.26. The van der Waals surface area contributed by atoms with E-state index >= 15 is 0 Å². The third kappa shape index (κ3) is 6.25. The fourth-order valence-corrected chi connectivity index (χ4v) is 3.14. The molecule has 0 saturated heterocycles. The van der Waals surface area contributed by atoms with E-state index in [1.54, 1.807) is 0 Å². The summed E-state index contributed by atoms with van der Waals surface area (Å²) in [5.41, 5.74) is 2.38. The van der Waals surface area contributed by atoms with E-state index in [0.717, 1.165) is 37.4 Å². The topological polar surface area (TPSA) is 38.3 Å². The maximum absolute atomic E-state index is 12.0. The summed E-state index contributed by atoms with van der Waals surface area (Å²) in [7, 11) is 0. The van der Waals surface area contributed by atoms with Gasteiger partial charge in [-0.15, -0.1) is 0 Å². The van der Waals surface area contributed by atoms with E-state index in [2.05, 4.69) is 44.3 Å². The van der Waals surface area contributed by atoms with Crippen molar-refractivity contribution in [2.75, 3.05) is 6.61 Å². The molecule has 128 valence electrons. The van der Waals surface area contributed by atoms with Crippen molar-refractivity contribution in [3.05, 3.63) is 29.3 Å². The molecule has 3 heteroatoms. The summed E-state index contributed by atoms with van der Waals surface area (Å²) in [5, 5.41) is 3.18. The first-order valence-corrected chi connectivity index (χ1v) is 9.04. The smallest absolute Gasteiger partial charge is 0.220 e. The quantitative estimate of drug-likeness (QED) is 0.749. The van der Waals surface area contributed by atoms with Gasteiger partial charge in [0.2, 0.25) is 5.91 Å². The Bertz CT molecular complexity index is 504. The second-order valence-corrected chi connectivity index (χ2v) is 7.10. The molecule has 0 radical (unpaired) electrons. The molecule has 0 spiro atoms. The predicted molar refractivity (Wildman–Crippen MR) is 94.8 cm³/mol. The number of carbonyl (C=O) groups is 1. The number of rotatable bonds is 7. The van der Waals surface area contributed by atoms with Crippen LogP contribution in [0.4, 0.5) is 0 Å². The van der Waals surface area contributed by atoms with Gasteiger partial charge in [0.25, 0.3) is 0 Å². The number of aryl methyl sites for hydroxylation is 2. The Hall–Kier alpha value is -1.51. The molecule has 0 aliphatic heterocycles. The average Bonchev–Trinajstić information content (AvgIpc) is 2.52. The molecule has 1 amide bonds. The summed E-state index contributed by atoms with van der Waals surface area (Å²) >= 11 is 0. The molecule has 1 aliphatic rings. The first-order valence-electron chi connectivity index (χ1n) is 9.04. The number of hydrogen-bond donors (Lipinski definition) is 1. The SMILES string of the molecule is Cc1ccc(C)c(OCCCCC(=O)NC2CCC(C)CC2)c1. The largest absolute Gasteiger partial charge is 0.493 e. The highest BCUT2D eigenvalue weighted by Crippen LogP contribution is 2.23. The van der Waals surface area contributed by atoms with Crippen LogP contribution in [0.15, 0.2) is 18.2 Å². The Labute approximate surface area is 140 Å². The highest BCUT2D eigenvalue weighted by Gasteiger charge is 2.19. The Morgan fingerprint density at radius 1 is 1.17 bits per heavy atom. The van der Waals surface area contributed by atoms with Gasteiger partial charge in [0.1, 0.15) is 5.75 Å². The third-order valence-corrected chi connectivity index (χ3v) is 4.78. The fraction of sp³-hybridized carbons (Fsp3) is 0.650. The zero-order valence-electron chi connectivity index (χ0n) is 14.9. The summed E-state index contributed by atoms with van der Waals surface area (Å²) in [6.45, 7) is 7.11. The van der Waals surface area contributed by atoms with Crippen molar-refractivity contribution in [2.24, 2.45) is 5.92 Å². The molecule has 0 aromatic heterocycles. The van der Waals surface area contributed by atoms with Crippen molar-refractivity contribution in [1.82, 2.24) is 5.32 Å². The van der Waals surface area contributed by atoms with Gasteiger partial charge in [-0.2, -0.15) is 0 Å². The lowest BCUT2D eigenvalue weighted by molar-refractivity contribution is -0.122. The molecule has 1 aliphatic carbocycles. The fourth-order valence-electron chi connectivity index (χ4n) is 3.14. The molecule has 2 rings (SSSR count). The predicted octanol–water partition coefficient (Wildman–Crippen LogP) is 4.55. The highest BCUT2D eigenvalue weighted by atomic mass is 16.5. The molecule has 23 heavy (non-hydrogen) atoms. The molecule has 0 heterocycles. The van der Waals surface area contributed by atoms with Crippen molar-refractivity contribution in [2.45, 2.75) is 71.8 Å². The lowest BCUT2D eigenvalue weighted by atomic mass is 9.87. The van der Waals surface area contributed by atoms with E-state index in [1.165, 1.54) is 24.0 Å². The average molecular weight is 317 g/mol. The molecule has 0 atom stereocenters. The minimum Gasteiger partial charge on any atom is -0.493 e. The van der Waals surface area contributed by atoms with Crippen LogP contribution in [-0.2, 0) is 4.79 Å². The van der Waals surface area contributed by atoms with E-state index < -0.39 is 0 Å². The number of hydrogen-bond acceptors (Lipinski definition) is 2. The molecular formula is C20H31NO2. The Morgan fingerprint density at radius 3 is 2.65 bits per heavy atom. The molecule has 1 aromatic carbocycles. The van der Waals surface area contributed by atoms with Gasteiger partial charge in [-0.05, 0) is 75.5 Å². The van der Waals surface area contributed by atoms with E-state index in [-0.39, 0.29) is 5.91 Å². The van der Waals surface area contributed by atoms with Crippen LogP contribution in [0.3, 0.4) is 0 Å². The van der Waals surface area contributed by atoms with Gasteiger partial charge in [0, 0.05) is 12.5 Å². The van der Waals surface area contributed by atoms with Gasteiger partial charge in [0.05, 0.1) is 6.61 Å². The minimum atomic E-state index is 0.205. The third-order valence-electron chi connectivity index (χ3n) is 4.78. The molecule has 1 saturated carbocycles. The number of unbranched alkanes of at least 4 members (excludes halogenated alkanes) is 1. The zero-order chi connectivity index (χ0) is 16.7. The maximum atomic E-state index is 12.0. The summed E-state index contributed by atoms with van der Waals surface area (Å²) < 4.78 is 5.83. The highest BCUT2D eigenvalue weighted by molar-refractivity contribution is 5.76. The number of amides is 1. The van der Waals surface area contributed by atoms with E-state index in [1.807, 2.05) is 0 Å². The van der Waals surface area contributed by atoms with E-state index in [9.17, 15) is 4.79 Å². The molecule has 1 N–H and O–H groups in total. The Kier molecular flexibility index (Phi) is 6.94. The molecule has 1 aromatic rings. The summed E-state index contributed by atoms with van der Waals surface area (Å²) in [5.74, 6) is 1.99. The van der Waals surface area contributed by atoms with Crippen LogP contribution >= 0.6 is 0 Å². The van der Waals surface area contributed by atoms with Crippen molar-refractivity contribution in [3.63, 3.8) is 0 Å². The minimum absolute atomic E-state index is 0.205. The van der Waals surface area contributed by atoms with Crippen LogP contribution in [-0.4, -0.2) is 18.6 Å². The van der Waals surface area contributed by atoms with Crippen LogP contribution < -0.4 is 10.1 Å². The van der Waals surface area contributed by atoms with Crippen LogP contribution in [0.2, 0.25) is 0 Å². The van der Waals surface area contributed by atoms with Crippen molar-refractivity contribution >= 4 is 5.91 Å².